The first kappa shape index (κ1) is 17.6. The van der Waals surface area contributed by atoms with Gasteiger partial charge in [-0.2, -0.15) is 0 Å². The Labute approximate surface area is 144 Å². The van der Waals surface area contributed by atoms with Crippen LogP contribution >= 0.6 is 34.8 Å². The maximum Gasteiger partial charge on any atom is 0.415 e. The number of aryl methyl sites for hydroxylation is 1. The number of carbonyl (C=O) groups is 1. The highest BCUT2D eigenvalue weighted by molar-refractivity contribution is 6.68. The van der Waals surface area contributed by atoms with Gasteiger partial charge in [-0.05, 0) is 38.3 Å². The van der Waals surface area contributed by atoms with E-state index in [0.29, 0.717) is 18.5 Å². The maximum atomic E-state index is 13.3. The number of para-hydroxylation sites is 1. The third kappa shape index (κ3) is 3.44. The fraction of sp³-hybridized carbons (Fsp3) is 0.533. The number of benzene rings is 1. The van der Waals surface area contributed by atoms with Crippen LogP contribution in [0.5, 0.6) is 0 Å². The van der Waals surface area contributed by atoms with E-state index in [9.17, 15) is 9.18 Å². The Bertz CT molecular complexity index is 560. The van der Waals surface area contributed by atoms with Crippen molar-refractivity contribution >= 4 is 46.6 Å². The van der Waals surface area contributed by atoms with Gasteiger partial charge in [-0.1, -0.05) is 53.0 Å². The van der Waals surface area contributed by atoms with Crippen molar-refractivity contribution in [1.29, 1.82) is 0 Å². The van der Waals surface area contributed by atoms with Crippen LogP contribution in [0.15, 0.2) is 24.3 Å². The number of fused-ring (bicyclic) bond motifs is 1. The van der Waals surface area contributed by atoms with E-state index >= 15 is 0 Å². The van der Waals surface area contributed by atoms with Crippen molar-refractivity contribution in [2.24, 2.45) is 0 Å². The standard InChI is InChI=1S/C15H17Cl3FNO2/c1-14(2,15(16,17)18)22-13(21)20-11(9-19)8-7-10-5-3-4-6-12(10)20/h3-6,11H,7-9H2,1-2H3. The molecule has 0 N–H and O–H groups in total. The van der Waals surface area contributed by atoms with Crippen molar-refractivity contribution in [3.05, 3.63) is 29.8 Å². The van der Waals surface area contributed by atoms with Gasteiger partial charge in [0.15, 0.2) is 5.60 Å². The van der Waals surface area contributed by atoms with Crippen molar-refractivity contribution in [2.75, 3.05) is 11.6 Å². The molecule has 0 saturated heterocycles. The number of amides is 1. The lowest BCUT2D eigenvalue weighted by Gasteiger charge is -2.39. The third-order valence-corrected chi connectivity index (χ3v) is 5.13. The molecule has 0 bridgehead atoms. The summed E-state index contributed by atoms with van der Waals surface area (Å²) in [6, 6.07) is 6.77. The SMILES string of the molecule is CC(C)(OC(=O)N1c2ccccc2CCC1CF)C(Cl)(Cl)Cl. The number of anilines is 1. The number of hydrogen-bond donors (Lipinski definition) is 0. The van der Waals surface area contributed by atoms with Crippen LogP contribution in [0.3, 0.4) is 0 Å². The number of ether oxygens (including phenoxy) is 1. The molecule has 0 saturated carbocycles. The average molecular weight is 369 g/mol. The molecule has 1 aliphatic heterocycles. The van der Waals surface area contributed by atoms with Crippen molar-refractivity contribution in [3.8, 4) is 0 Å². The zero-order chi connectivity index (χ0) is 16.5. The molecular weight excluding hydrogens is 352 g/mol. The Morgan fingerprint density at radius 1 is 1.36 bits per heavy atom. The Morgan fingerprint density at radius 3 is 2.59 bits per heavy atom. The molecule has 1 aliphatic rings. The monoisotopic (exact) mass is 367 g/mol. The lowest BCUT2D eigenvalue weighted by atomic mass is 9.97. The summed E-state index contributed by atoms with van der Waals surface area (Å²) < 4.78 is 16.9. The second-order valence-corrected chi connectivity index (χ2v) is 8.00. The molecule has 7 heteroatoms. The zero-order valence-corrected chi connectivity index (χ0v) is 14.6. The molecule has 22 heavy (non-hydrogen) atoms. The van der Waals surface area contributed by atoms with Gasteiger partial charge in [-0.3, -0.25) is 4.90 Å². The molecule has 0 aliphatic carbocycles. The summed E-state index contributed by atoms with van der Waals surface area (Å²) >= 11 is 17.5. The van der Waals surface area contributed by atoms with E-state index in [1.54, 1.807) is 12.1 Å². The van der Waals surface area contributed by atoms with E-state index in [1.165, 1.54) is 18.7 Å². The molecule has 1 atom stereocenters. The average Bonchev–Trinajstić information content (AvgIpc) is 2.44. The molecule has 1 amide bonds. The van der Waals surface area contributed by atoms with Gasteiger partial charge in [0.1, 0.15) is 6.67 Å². The number of nitrogens with zero attached hydrogens (tertiary/aromatic N) is 1. The van der Waals surface area contributed by atoms with E-state index in [4.69, 9.17) is 39.5 Å². The molecule has 1 aromatic rings. The van der Waals surface area contributed by atoms with Gasteiger partial charge in [-0.25, -0.2) is 9.18 Å². The van der Waals surface area contributed by atoms with Crippen molar-refractivity contribution in [2.45, 2.75) is 42.1 Å². The van der Waals surface area contributed by atoms with Crippen LogP contribution in [0.2, 0.25) is 0 Å². The lowest BCUT2D eigenvalue weighted by Crippen LogP contribution is -2.50. The first-order chi connectivity index (χ1) is 10.2. The summed E-state index contributed by atoms with van der Waals surface area (Å²) in [5, 5.41) is 0. The Hall–Kier alpha value is -0.710. The molecule has 1 unspecified atom stereocenters. The molecule has 0 fully saturated rings. The smallest absolute Gasteiger partial charge is 0.415 e. The van der Waals surface area contributed by atoms with Crippen LogP contribution in [-0.4, -0.2) is 28.2 Å². The summed E-state index contributed by atoms with van der Waals surface area (Å²) in [6.45, 7) is 2.34. The van der Waals surface area contributed by atoms with Gasteiger partial charge in [0.05, 0.1) is 11.7 Å². The van der Waals surface area contributed by atoms with Gasteiger partial charge in [0, 0.05) is 0 Å². The zero-order valence-electron chi connectivity index (χ0n) is 12.3. The molecule has 1 aromatic carbocycles. The molecule has 0 spiro atoms. The summed E-state index contributed by atoms with van der Waals surface area (Å²) in [7, 11) is 0. The quantitative estimate of drug-likeness (QED) is 0.683. The number of carbonyl (C=O) groups excluding carboxylic acids is 1. The van der Waals surface area contributed by atoms with Gasteiger partial charge < -0.3 is 4.74 Å². The second kappa shape index (κ2) is 6.42. The summed E-state index contributed by atoms with van der Waals surface area (Å²) in [5.74, 6) is 0. The minimum absolute atomic E-state index is 0.525. The van der Waals surface area contributed by atoms with Gasteiger partial charge in [0.2, 0.25) is 3.79 Å². The van der Waals surface area contributed by atoms with Crippen LogP contribution < -0.4 is 4.90 Å². The predicted molar refractivity (Wildman–Crippen MR) is 87.9 cm³/mol. The van der Waals surface area contributed by atoms with Gasteiger partial charge in [-0.15, -0.1) is 0 Å². The van der Waals surface area contributed by atoms with Crippen molar-refractivity contribution in [1.82, 2.24) is 0 Å². The van der Waals surface area contributed by atoms with E-state index < -0.39 is 28.2 Å². The normalized spacial score (nSPS) is 18.8. The largest absolute Gasteiger partial charge is 0.439 e. The highest BCUT2D eigenvalue weighted by atomic mass is 35.6. The van der Waals surface area contributed by atoms with Crippen LogP contribution in [0, 0.1) is 0 Å². The fourth-order valence-electron chi connectivity index (χ4n) is 2.32. The minimum atomic E-state index is -1.79. The molecular formula is C15H17Cl3FNO2. The maximum absolute atomic E-state index is 13.3. The van der Waals surface area contributed by atoms with Gasteiger partial charge in [0.25, 0.3) is 0 Å². The Balaban J connectivity index is 2.31. The molecule has 1 heterocycles. The topological polar surface area (TPSA) is 29.5 Å². The van der Waals surface area contributed by atoms with Crippen LogP contribution in [0.25, 0.3) is 0 Å². The van der Waals surface area contributed by atoms with E-state index in [0.717, 1.165) is 5.56 Å². The number of rotatable bonds is 2. The third-order valence-electron chi connectivity index (χ3n) is 3.76. The number of alkyl halides is 4. The van der Waals surface area contributed by atoms with Crippen LogP contribution in [0.1, 0.15) is 25.8 Å². The highest BCUT2D eigenvalue weighted by Crippen LogP contribution is 2.41. The van der Waals surface area contributed by atoms with Crippen LogP contribution in [0.4, 0.5) is 14.9 Å². The number of hydrogen-bond acceptors (Lipinski definition) is 2. The second-order valence-electron chi connectivity index (χ2n) is 5.72. The molecule has 3 nitrogen and oxygen atoms in total. The molecule has 2 rings (SSSR count). The van der Waals surface area contributed by atoms with E-state index in [2.05, 4.69) is 0 Å². The highest BCUT2D eigenvalue weighted by Gasteiger charge is 2.46. The Kier molecular flexibility index (Phi) is 5.15. The van der Waals surface area contributed by atoms with Crippen molar-refractivity contribution < 1.29 is 13.9 Å². The van der Waals surface area contributed by atoms with Crippen LogP contribution in [-0.2, 0) is 11.2 Å². The first-order valence-electron chi connectivity index (χ1n) is 6.90. The summed E-state index contributed by atoms with van der Waals surface area (Å²) in [6.07, 6.45) is 0.519. The van der Waals surface area contributed by atoms with Crippen molar-refractivity contribution in [3.63, 3.8) is 0 Å². The summed E-state index contributed by atoms with van der Waals surface area (Å²) in [5.41, 5.74) is 0.263. The Morgan fingerprint density at radius 2 is 2.00 bits per heavy atom. The minimum Gasteiger partial charge on any atom is -0.439 e. The molecule has 0 aromatic heterocycles. The number of halogens is 4. The van der Waals surface area contributed by atoms with Gasteiger partial charge >= 0.3 is 6.09 Å². The molecule has 0 radical (unpaired) electrons. The summed E-state index contributed by atoms with van der Waals surface area (Å²) in [4.78, 5) is 13.9. The van der Waals surface area contributed by atoms with E-state index in [-0.39, 0.29) is 0 Å². The van der Waals surface area contributed by atoms with E-state index in [1.807, 2.05) is 12.1 Å². The molecule has 122 valence electrons. The predicted octanol–water partition coefficient (Wildman–Crippen LogP) is 5.06. The lowest BCUT2D eigenvalue weighted by molar-refractivity contribution is 0.0444. The fourth-order valence-corrected chi connectivity index (χ4v) is 2.44. The first-order valence-corrected chi connectivity index (χ1v) is 8.03.